The molecule has 1 saturated heterocycles. The van der Waals surface area contributed by atoms with Crippen molar-refractivity contribution in [3.63, 3.8) is 0 Å². The van der Waals surface area contributed by atoms with Gasteiger partial charge in [-0.05, 0) is 35.8 Å². The van der Waals surface area contributed by atoms with E-state index in [1.165, 1.54) is 17.5 Å². The number of halogens is 1. The molecule has 1 heterocycles. The second-order valence-electron chi connectivity index (χ2n) is 5.48. The Kier molecular flexibility index (Phi) is 4.69. The van der Waals surface area contributed by atoms with Crippen molar-refractivity contribution in [3.05, 3.63) is 35.4 Å². The van der Waals surface area contributed by atoms with Crippen LogP contribution in [-0.4, -0.2) is 12.7 Å². The van der Waals surface area contributed by atoms with Crippen LogP contribution in [0, 0.1) is 5.92 Å². The van der Waals surface area contributed by atoms with Crippen LogP contribution in [0.4, 0.5) is 0 Å². The molecule has 100 valence electrons. The van der Waals surface area contributed by atoms with Gasteiger partial charge in [-0.15, -0.1) is 11.6 Å². The van der Waals surface area contributed by atoms with E-state index in [1.807, 2.05) is 0 Å². The highest BCUT2D eigenvalue weighted by Gasteiger charge is 2.31. The summed E-state index contributed by atoms with van der Waals surface area (Å²) in [6.45, 7) is 7.55. The fourth-order valence-corrected chi connectivity index (χ4v) is 2.99. The molecular formula is C16H23ClO. The van der Waals surface area contributed by atoms with Crippen molar-refractivity contribution in [1.82, 2.24) is 0 Å². The molecule has 4 unspecified atom stereocenters. The standard InChI is InChI=1S/C16H23ClO/c1-4-11(2)13-5-7-14(8-6-13)15(17)16-12(3)9-10-18-16/h5-8,11-12,15-16H,4,9-10H2,1-3H3. The van der Waals surface area contributed by atoms with Crippen LogP contribution < -0.4 is 0 Å². The highest BCUT2D eigenvalue weighted by molar-refractivity contribution is 6.21. The average molecular weight is 267 g/mol. The SMILES string of the molecule is CCC(C)c1ccc(C(Cl)C2OCCC2C)cc1. The Hall–Kier alpha value is -0.530. The summed E-state index contributed by atoms with van der Waals surface area (Å²) < 4.78 is 5.75. The molecule has 0 aromatic heterocycles. The van der Waals surface area contributed by atoms with Crippen LogP contribution in [-0.2, 0) is 4.74 Å². The van der Waals surface area contributed by atoms with E-state index in [4.69, 9.17) is 16.3 Å². The van der Waals surface area contributed by atoms with Gasteiger partial charge in [0.05, 0.1) is 11.5 Å². The zero-order valence-corrected chi connectivity index (χ0v) is 12.3. The van der Waals surface area contributed by atoms with Crippen LogP contribution in [0.1, 0.15) is 56.0 Å². The van der Waals surface area contributed by atoms with Gasteiger partial charge >= 0.3 is 0 Å². The Bertz CT molecular complexity index is 373. The maximum Gasteiger partial charge on any atom is 0.0849 e. The van der Waals surface area contributed by atoms with Crippen molar-refractivity contribution in [2.24, 2.45) is 5.92 Å². The van der Waals surface area contributed by atoms with E-state index in [1.54, 1.807) is 0 Å². The van der Waals surface area contributed by atoms with Crippen molar-refractivity contribution in [2.75, 3.05) is 6.61 Å². The molecule has 1 aliphatic heterocycles. The van der Waals surface area contributed by atoms with Crippen LogP contribution >= 0.6 is 11.6 Å². The van der Waals surface area contributed by atoms with E-state index in [2.05, 4.69) is 45.0 Å². The molecule has 0 saturated carbocycles. The zero-order valence-electron chi connectivity index (χ0n) is 11.5. The highest BCUT2D eigenvalue weighted by Crippen LogP contribution is 2.36. The predicted octanol–water partition coefficient (Wildman–Crippen LogP) is 4.91. The number of alkyl halides is 1. The molecule has 0 spiro atoms. The van der Waals surface area contributed by atoms with Gasteiger partial charge in [-0.25, -0.2) is 0 Å². The van der Waals surface area contributed by atoms with Gasteiger partial charge in [-0.1, -0.05) is 45.0 Å². The first-order chi connectivity index (χ1) is 8.63. The lowest BCUT2D eigenvalue weighted by Gasteiger charge is -2.21. The van der Waals surface area contributed by atoms with E-state index >= 15 is 0 Å². The van der Waals surface area contributed by atoms with Crippen LogP contribution in [0.15, 0.2) is 24.3 Å². The van der Waals surface area contributed by atoms with E-state index in [0.29, 0.717) is 11.8 Å². The van der Waals surface area contributed by atoms with Gasteiger partial charge in [0.25, 0.3) is 0 Å². The van der Waals surface area contributed by atoms with Crippen LogP contribution in [0.5, 0.6) is 0 Å². The van der Waals surface area contributed by atoms with Gasteiger partial charge in [-0.2, -0.15) is 0 Å². The first-order valence-electron chi connectivity index (χ1n) is 6.99. The van der Waals surface area contributed by atoms with E-state index in [9.17, 15) is 0 Å². The normalized spacial score (nSPS) is 27.1. The minimum absolute atomic E-state index is 0.0199. The van der Waals surface area contributed by atoms with Crippen LogP contribution in [0.2, 0.25) is 0 Å². The number of benzene rings is 1. The Labute approximate surface area is 115 Å². The summed E-state index contributed by atoms with van der Waals surface area (Å²) in [4.78, 5) is 0. The van der Waals surface area contributed by atoms with Crippen molar-refractivity contribution in [2.45, 2.75) is 51.0 Å². The summed E-state index contributed by atoms with van der Waals surface area (Å²) in [5, 5.41) is -0.0199. The number of rotatable bonds is 4. The summed E-state index contributed by atoms with van der Waals surface area (Å²) >= 11 is 6.55. The molecule has 1 aromatic rings. The molecule has 1 aliphatic rings. The van der Waals surface area contributed by atoms with E-state index in [0.717, 1.165) is 13.0 Å². The van der Waals surface area contributed by atoms with Gasteiger partial charge in [0.2, 0.25) is 0 Å². The number of hydrogen-bond acceptors (Lipinski definition) is 1. The molecule has 4 atom stereocenters. The monoisotopic (exact) mass is 266 g/mol. The lowest BCUT2D eigenvalue weighted by molar-refractivity contribution is 0.0903. The molecule has 1 aromatic carbocycles. The third kappa shape index (κ3) is 2.89. The molecule has 0 radical (unpaired) electrons. The Morgan fingerprint density at radius 2 is 1.89 bits per heavy atom. The fourth-order valence-electron chi connectivity index (χ4n) is 2.53. The third-order valence-electron chi connectivity index (χ3n) is 4.17. The molecule has 0 aliphatic carbocycles. The smallest absolute Gasteiger partial charge is 0.0849 e. The highest BCUT2D eigenvalue weighted by atomic mass is 35.5. The molecule has 18 heavy (non-hydrogen) atoms. The summed E-state index contributed by atoms with van der Waals surface area (Å²) in [5.74, 6) is 1.18. The molecule has 2 heteroatoms. The Morgan fingerprint density at radius 3 is 2.39 bits per heavy atom. The maximum absolute atomic E-state index is 6.55. The first kappa shape index (κ1) is 13.9. The van der Waals surface area contributed by atoms with Gasteiger partial charge in [0, 0.05) is 6.61 Å². The minimum atomic E-state index is -0.0199. The van der Waals surface area contributed by atoms with Crippen molar-refractivity contribution in [3.8, 4) is 0 Å². The molecule has 0 N–H and O–H groups in total. The van der Waals surface area contributed by atoms with Crippen LogP contribution in [0.3, 0.4) is 0 Å². The largest absolute Gasteiger partial charge is 0.376 e. The third-order valence-corrected chi connectivity index (χ3v) is 4.67. The van der Waals surface area contributed by atoms with Crippen molar-refractivity contribution < 1.29 is 4.74 Å². The molecule has 2 rings (SSSR count). The molecule has 0 amide bonds. The molecule has 0 bridgehead atoms. The van der Waals surface area contributed by atoms with E-state index < -0.39 is 0 Å². The molecule has 1 fully saturated rings. The minimum Gasteiger partial charge on any atom is -0.376 e. The van der Waals surface area contributed by atoms with Gasteiger partial charge in [-0.3, -0.25) is 0 Å². The Balaban J connectivity index is 2.09. The summed E-state index contributed by atoms with van der Waals surface area (Å²) in [6, 6.07) is 8.73. The maximum atomic E-state index is 6.55. The molecular weight excluding hydrogens is 244 g/mol. The predicted molar refractivity (Wildman–Crippen MR) is 77.3 cm³/mol. The lowest BCUT2D eigenvalue weighted by atomic mass is 9.93. The number of ether oxygens (including phenoxy) is 1. The van der Waals surface area contributed by atoms with Crippen molar-refractivity contribution >= 4 is 11.6 Å². The van der Waals surface area contributed by atoms with Gasteiger partial charge in [0.15, 0.2) is 0 Å². The van der Waals surface area contributed by atoms with Gasteiger partial charge in [0.1, 0.15) is 0 Å². The summed E-state index contributed by atoms with van der Waals surface area (Å²) in [5.41, 5.74) is 2.58. The molecule has 1 nitrogen and oxygen atoms in total. The Morgan fingerprint density at radius 1 is 1.28 bits per heavy atom. The fraction of sp³-hybridized carbons (Fsp3) is 0.625. The zero-order chi connectivity index (χ0) is 13.1. The topological polar surface area (TPSA) is 9.23 Å². The number of hydrogen-bond donors (Lipinski definition) is 0. The van der Waals surface area contributed by atoms with Crippen LogP contribution in [0.25, 0.3) is 0 Å². The van der Waals surface area contributed by atoms with Gasteiger partial charge < -0.3 is 4.74 Å². The van der Waals surface area contributed by atoms with Crippen molar-refractivity contribution in [1.29, 1.82) is 0 Å². The first-order valence-corrected chi connectivity index (χ1v) is 7.42. The second kappa shape index (κ2) is 6.08. The lowest BCUT2D eigenvalue weighted by Crippen LogP contribution is -2.19. The average Bonchev–Trinajstić information content (AvgIpc) is 2.83. The summed E-state index contributed by atoms with van der Waals surface area (Å²) in [6.07, 6.45) is 2.46. The summed E-state index contributed by atoms with van der Waals surface area (Å²) in [7, 11) is 0. The van der Waals surface area contributed by atoms with E-state index in [-0.39, 0.29) is 11.5 Å². The quantitative estimate of drug-likeness (QED) is 0.704. The second-order valence-corrected chi connectivity index (χ2v) is 5.95.